The number of nitrogens with zero attached hydrogens (tertiary/aromatic N) is 4. The van der Waals surface area contributed by atoms with Crippen molar-refractivity contribution in [2.45, 2.75) is 25.7 Å². The smallest absolute Gasteiger partial charge is 0.303 e. The van der Waals surface area contributed by atoms with E-state index in [0.29, 0.717) is 23.1 Å². The van der Waals surface area contributed by atoms with Crippen molar-refractivity contribution < 1.29 is 13.2 Å². The molecule has 2 aromatic carbocycles. The van der Waals surface area contributed by atoms with Gasteiger partial charge >= 0.3 is 6.18 Å². The maximum atomic E-state index is 12.7. The Hall–Kier alpha value is -2.45. The lowest BCUT2D eigenvalue weighted by atomic mass is 10.1. The molecule has 0 aliphatic heterocycles. The fraction of sp³-hybridized carbons (Fsp3) is 0.235. The average Bonchev–Trinajstić information content (AvgIpc) is 3.08. The molecule has 136 valence electrons. The summed E-state index contributed by atoms with van der Waals surface area (Å²) in [5, 5.41) is 15.3. The highest BCUT2D eigenvalue weighted by atomic mass is 35.5. The molecule has 1 atom stereocenters. The van der Waals surface area contributed by atoms with Gasteiger partial charge in [0, 0.05) is 11.1 Å². The van der Waals surface area contributed by atoms with Gasteiger partial charge in [0.05, 0.1) is 17.8 Å². The number of hydrogen-bond acceptors (Lipinski definition) is 4. The largest absolute Gasteiger partial charge is 0.416 e. The molecule has 26 heavy (non-hydrogen) atoms. The fourth-order valence-electron chi connectivity index (χ4n) is 2.49. The Morgan fingerprint density at radius 1 is 1.12 bits per heavy atom. The zero-order chi connectivity index (χ0) is 18.7. The van der Waals surface area contributed by atoms with Gasteiger partial charge < -0.3 is 5.32 Å². The first-order chi connectivity index (χ1) is 12.4. The second-order valence-electron chi connectivity index (χ2n) is 5.68. The number of nitrogens with one attached hydrogen (secondary N) is 1. The van der Waals surface area contributed by atoms with Gasteiger partial charge in [0.1, 0.15) is 0 Å². The second-order valence-corrected chi connectivity index (χ2v) is 6.08. The third-order valence-corrected chi connectivity index (χ3v) is 4.26. The third-order valence-electron chi connectivity index (χ3n) is 3.91. The van der Waals surface area contributed by atoms with Gasteiger partial charge in [-0.1, -0.05) is 29.8 Å². The van der Waals surface area contributed by atoms with E-state index in [1.54, 1.807) is 6.07 Å². The molecule has 0 bridgehead atoms. The normalized spacial score (nSPS) is 13.0. The number of halogens is 4. The SMILES string of the molecule is C[C@H](NCc1nnnn1-c1ccc(C(F)(F)F)cc1)c1ccccc1Cl. The summed E-state index contributed by atoms with van der Waals surface area (Å²) in [5.74, 6) is 0.476. The Kier molecular flexibility index (Phi) is 5.24. The number of benzene rings is 2. The lowest BCUT2D eigenvalue weighted by Crippen LogP contribution is -2.21. The average molecular weight is 382 g/mol. The van der Waals surface area contributed by atoms with Crippen molar-refractivity contribution in [3.05, 3.63) is 70.5 Å². The van der Waals surface area contributed by atoms with Crippen LogP contribution in [0.2, 0.25) is 5.02 Å². The van der Waals surface area contributed by atoms with Crippen LogP contribution in [-0.4, -0.2) is 20.2 Å². The fourth-order valence-corrected chi connectivity index (χ4v) is 2.79. The third kappa shape index (κ3) is 4.03. The number of tetrazole rings is 1. The Labute approximate surface area is 152 Å². The molecule has 0 aliphatic carbocycles. The minimum Gasteiger partial charge on any atom is -0.303 e. The molecule has 0 amide bonds. The van der Waals surface area contributed by atoms with Crippen LogP contribution in [-0.2, 0) is 12.7 Å². The monoisotopic (exact) mass is 381 g/mol. The predicted octanol–water partition coefficient (Wildman–Crippen LogP) is 4.19. The first-order valence-corrected chi connectivity index (χ1v) is 8.17. The van der Waals surface area contributed by atoms with Crippen molar-refractivity contribution in [2.75, 3.05) is 0 Å². The van der Waals surface area contributed by atoms with Crippen LogP contribution >= 0.6 is 11.6 Å². The molecule has 1 aromatic heterocycles. The van der Waals surface area contributed by atoms with Gasteiger partial charge in [-0.25, -0.2) is 0 Å². The molecule has 1 heterocycles. The van der Waals surface area contributed by atoms with E-state index < -0.39 is 11.7 Å². The van der Waals surface area contributed by atoms with Crippen molar-refractivity contribution in [1.82, 2.24) is 25.5 Å². The molecular weight excluding hydrogens is 367 g/mol. The first kappa shape index (κ1) is 18.3. The highest BCUT2D eigenvalue weighted by Gasteiger charge is 2.30. The van der Waals surface area contributed by atoms with Crippen molar-refractivity contribution in [1.29, 1.82) is 0 Å². The summed E-state index contributed by atoms with van der Waals surface area (Å²) >= 11 is 6.18. The highest BCUT2D eigenvalue weighted by Crippen LogP contribution is 2.29. The van der Waals surface area contributed by atoms with E-state index in [1.807, 2.05) is 25.1 Å². The summed E-state index contributed by atoms with van der Waals surface area (Å²) in [4.78, 5) is 0. The molecule has 0 fully saturated rings. The van der Waals surface area contributed by atoms with E-state index in [0.717, 1.165) is 17.7 Å². The molecule has 3 aromatic rings. The highest BCUT2D eigenvalue weighted by molar-refractivity contribution is 6.31. The number of alkyl halides is 3. The van der Waals surface area contributed by atoms with Crippen LogP contribution < -0.4 is 5.32 Å². The number of rotatable bonds is 5. The molecule has 3 rings (SSSR count). The van der Waals surface area contributed by atoms with Gasteiger partial charge in [0.15, 0.2) is 5.82 Å². The molecule has 0 unspecified atom stereocenters. The van der Waals surface area contributed by atoms with Gasteiger partial charge in [-0.05, 0) is 53.2 Å². The van der Waals surface area contributed by atoms with Gasteiger partial charge in [0.2, 0.25) is 0 Å². The van der Waals surface area contributed by atoms with Crippen LogP contribution in [0, 0.1) is 0 Å². The van der Waals surface area contributed by atoms with Crippen LogP contribution in [0.25, 0.3) is 5.69 Å². The van der Waals surface area contributed by atoms with Crippen LogP contribution in [0.15, 0.2) is 48.5 Å². The second kappa shape index (κ2) is 7.43. The molecule has 1 N–H and O–H groups in total. The van der Waals surface area contributed by atoms with Gasteiger partial charge in [0.25, 0.3) is 0 Å². The molecule has 0 saturated carbocycles. The van der Waals surface area contributed by atoms with E-state index in [2.05, 4.69) is 20.8 Å². The molecule has 0 spiro atoms. The van der Waals surface area contributed by atoms with Crippen molar-refractivity contribution in [3.8, 4) is 5.69 Å². The van der Waals surface area contributed by atoms with E-state index in [-0.39, 0.29) is 6.04 Å². The quantitative estimate of drug-likeness (QED) is 0.720. The Morgan fingerprint density at radius 3 is 2.46 bits per heavy atom. The molecule has 0 radical (unpaired) electrons. The minimum absolute atomic E-state index is 0.0542. The standard InChI is InChI=1S/C17H15ClF3N5/c1-11(14-4-2-3-5-15(14)18)22-10-16-23-24-25-26(16)13-8-6-12(7-9-13)17(19,20)21/h2-9,11,22H,10H2,1H3/t11-/m0/s1. The zero-order valence-electron chi connectivity index (χ0n) is 13.7. The minimum atomic E-state index is -4.38. The summed E-state index contributed by atoms with van der Waals surface area (Å²) in [6.45, 7) is 2.27. The van der Waals surface area contributed by atoms with E-state index in [1.165, 1.54) is 16.8 Å². The van der Waals surface area contributed by atoms with E-state index in [9.17, 15) is 13.2 Å². The van der Waals surface area contributed by atoms with Crippen molar-refractivity contribution in [3.63, 3.8) is 0 Å². The maximum Gasteiger partial charge on any atom is 0.416 e. The first-order valence-electron chi connectivity index (χ1n) is 7.79. The lowest BCUT2D eigenvalue weighted by molar-refractivity contribution is -0.137. The van der Waals surface area contributed by atoms with Gasteiger partial charge in [-0.2, -0.15) is 17.9 Å². The number of hydrogen-bond donors (Lipinski definition) is 1. The summed E-state index contributed by atoms with van der Waals surface area (Å²) in [5.41, 5.74) is 0.661. The Bertz CT molecular complexity index is 877. The molecule has 9 heteroatoms. The lowest BCUT2D eigenvalue weighted by Gasteiger charge is -2.15. The predicted molar refractivity (Wildman–Crippen MR) is 90.9 cm³/mol. The van der Waals surface area contributed by atoms with E-state index in [4.69, 9.17) is 11.6 Å². The van der Waals surface area contributed by atoms with Gasteiger partial charge in [-0.3, -0.25) is 0 Å². The molecular formula is C17H15ClF3N5. The Morgan fingerprint density at radius 2 is 1.81 bits per heavy atom. The summed E-state index contributed by atoms with van der Waals surface area (Å²) < 4.78 is 39.4. The van der Waals surface area contributed by atoms with Crippen molar-refractivity contribution >= 4 is 11.6 Å². The van der Waals surface area contributed by atoms with Crippen molar-refractivity contribution in [2.24, 2.45) is 0 Å². The van der Waals surface area contributed by atoms with Crippen LogP contribution in [0.1, 0.15) is 29.9 Å². The summed E-state index contributed by atoms with van der Waals surface area (Å²) in [7, 11) is 0. The Balaban J connectivity index is 1.74. The number of aromatic nitrogens is 4. The topological polar surface area (TPSA) is 55.6 Å². The van der Waals surface area contributed by atoms with Gasteiger partial charge in [-0.15, -0.1) is 5.10 Å². The zero-order valence-corrected chi connectivity index (χ0v) is 14.5. The molecule has 5 nitrogen and oxygen atoms in total. The maximum absolute atomic E-state index is 12.7. The summed E-state index contributed by atoms with van der Waals surface area (Å²) in [6.07, 6.45) is -4.38. The molecule has 0 saturated heterocycles. The molecule has 0 aliphatic rings. The van der Waals surface area contributed by atoms with Crippen LogP contribution in [0.3, 0.4) is 0 Å². The van der Waals surface area contributed by atoms with Crippen LogP contribution in [0.5, 0.6) is 0 Å². The summed E-state index contributed by atoms with van der Waals surface area (Å²) in [6, 6.07) is 12.1. The van der Waals surface area contributed by atoms with E-state index >= 15 is 0 Å². The van der Waals surface area contributed by atoms with Crippen LogP contribution in [0.4, 0.5) is 13.2 Å².